The minimum atomic E-state index is -3.05. The summed E-state index contributed by atoms with van der Waals surface area (Å²) in [7, 11) is 0. The monoisotopic (exact) mass is 449 g/mol. The molecule has 0 saturated carbocycles. The third-order valence-corrected chi connectivity index (χ3v) is 4.87. The van der Waals surface area contributed by atoms with Crippen LogP contribution < -0.4 is 5.32 Å². The second-order valence-corrected chi connectivity index (χ2v) is 7.41. The Kier molecular flexibility index (Phi) is 6.79. The smallest absolute Gasteiger partial charge is 0.288 e. The summed E-state index contributed by atoms with van der Waals surface area (Å²) in [6.07, 6.45) is 5.32. The molecule has 0 aliphatic heterocycles. The summed E-state index contributed by atoms with van der Waals surface area (Å²) >= 11 is 6.13. The number of nitrogens with one attached hydrogen (secondary N) is 1. The van der Waals surface area contributed by atoms with Crippen molar-refractivity contribution in [1.82, 2.24) is 29.9 Å². The van der Waals surface area contributed by atoms with Crippen molar-refractivity contribution in [2.75, 3.05) is 18.4 Å². The zero-order chi connectivity index (χ0) is 22.6. The van der Waals surface area contributed by atoms with Crippen LogP contribution in [0.5, 0.6) is 0 Å². The molecule has 0 aliphatic carbocycles. The normalized spacial score (nSPS) is 12.5. The van der Waals surface area contributed by atoms with Gasteiger partial charge in [-0.3, -0.25) is 4.79 Å². The van der Waals surface area contributed by atoms with Gasteiger partial charge in [-0.15, -0.1) is 0 Å². The number of hydrogen-bond donors (Lipinski definition) is 1. The van der Waals surface area contributed by atoms with Crippen molar-refractivity contribution in [2.24, 2.45) is 0 Å². The van der Waals surface area contributed by atoms with E-state index in [2.05, 4.69) is 25.5 Å². The molecular formula is C20H22ClF2N7O. The predicted molar refractivity (Wildman–Crippen MR) is 113 cm³/mol. The maximum atomic E-state index is 13.3. The molecule has 1 atom stereocenters. The van der Waals surface area contributed by atoms with Crippen LogP contribution in [0.1, 0.15) is 36.8 Å². The number of carbonyl (C=O) groups is 1. The average molecular weight is 450 g/mol. The first-order valence-electron chi connectivity index (χ1n) is 9.62. The third-order valence-electron chi connectivity index (χ3n) is 4.64. The predicted octanol–water partition coefficient (Wildman–Crippen LogP) is 3.79. The van der Waals surface area contributed by atoms with E-state index in [4.69, 9.17) is 11.6 Å². The Labute approximate surface area is 183 Å². The summed E-state index contributed by atoms with van der Waals surface area (Å²) in [6, 6.07) is 4.69. The van der Waals surface area contributed by atoms with E-state index in [0.717, 1.165) is 13.1 Å². The number of hydrogen-bond acceptors (Lipinski definition) is 6. The molecule has 164 valence electrons. The maximum Gasteiger partial charge on any atom is 0.288 e. The van der Waals surface area contributed by atoms with E-state index >= 15 is 0 Å². The van der Waals surface area contributed by atoms with E-state index in [1.54, 1.807) is 23.1 Å². The molecule has 1 amide bonds. The lowest BCUT2D eigenvalue weighted by molar-refractivity contribution is 0.0124. The van der Waals surface area contributed by atoms with E-state index in [-0.39, 0.29) is 11.9 Å². The standard InChI is InChI=1S/C20H22ClF2N7O/c1-4-29(13(2)10-25-18-12-24-17(11-26-18)20(3,22)23)19(31)15-9-14(21)5-6-16(15)30-27-7-8-28-30/h5-9,11-13H,4,10H2,1-3H3,(H,25,26)/t13-/m0/s1. The largest absolute Gasteiger partial charge is 0.367 e. The summed E-state index contributed by atoms with van der Waals surface area (Å²) < 4.78 is 26.6. The molecule has 8 nitrogen and oxygen atoms in total. The molecule has 3 aromatic rings. The second kappa shape index (κ2) is 9.34. The Bertz CT molecular complexity index is 1020. The summed E-state index contributed by atoms with van der Waals surface area (Å²) in [5.74, 6) is -2.95. The number of carbonyl (C=O) groups excluding carboxylic acids is 1. The molecule has 3 rings (SSSR count). The molecular weight excluding hydrogens is 428 g/mol. The van der Waals surface area contributed by atoms with Gasteiger partial charge >= 0.3 is 0 Å². The van der Waals surface area contributed by atoms with Crippen LogP contribution in [0.2, 0.25) is 5.02 Å². The molecule has 0 saturated heterocycles. The lowest BCUT2D eigenvalue weighted by atomic mass is 10.1. The van der Waals surface area contributed by atoms with Gasteiger partial charge in [0, 0.05) is 31.1 Å². The van der Waals surface area contributed by atoms with Gasteiger partial charge in [0.2, 0.25) is 0 Å². The molecule has 0 unspecified atom stereocenters. The van der Waals surface area contributed by atoms with Gasteiger partial charge in [-0.25, -0.2) is 9.97 Å². The van der Waals surface area contributed by atoms with Crippen LogP contribution in [-0.2, 0) is 5.92 Å². The second-order valence-electron chi connectivity index (χ2n) is 6.98. The Balaban J connectivity index is 1.74. The number of aromatic nitrogens is 5. The average Bonchev–Trinajstić information content (AvgIpc) is 3.27. The SMILES string of the molecule is CCN(C(=O)c1cc(Cl)ccc1-n1nccn1)[C@@H](C)CNc1cnc(C(C)(F)F)cn1. The van der Waals surface area contributed by atoms with Crippen molar-refractivity contribution in [3.05, 3.63) is 59.3 Å². The molecule has 11 heteroatoms. The van der Waals surface area contributed by atoms with Crippen LogP contribution in [-0.4, -0.2) is 54.9 Å². The zero-order valence-electron chi connectivity index (χ0n) is 17.3. The molecule has 0 radical (unpaired) electrons. The van der Waals surface area contributed by atoms with Crippen molar-refractivity contribution < 1.29 is 13.6 Å². The van der Waals surface area contributed by atoms with Crippen molar-refractivity contribution in [3.63, 3.8) is 0 Å². The number of rotatable bonds is 8. The number of benzene rings is 1. The highest BCUT2D eigenvalue weighted by Gasteiger charge is 2.27. The third kappa shape index (κ3) is 5.32. The van der Waals surface area contributed by atoms with Crippen LogP contribution in [0.15, 0.2) is 43.0 Å². The van der Waals surface area contributed by atoms with Crippen molar-refractivity contribution >= 4 is 23.3 Å². The molecule has 1 aromatic carbocycles. The fourth-order valence-corrected chi connectivity index (χ4v) is 3.18. The minimum Gasteiger partial charge on any atom is -0.367 e. The Morgan fingerprint density at radius 1 is 1.26 bits per heavy atom. The van der Waals surface area contributed by atoms with Crippen molar-refractivity contribution in [1.29, 1.82) is 0 Å². The maximum absolute atomic E-state index is 13.3. The summed E-state index contributed by atoms with van der Waals surface area (Å²) in [4.78, 5) is 24.0. The number of amides is 1. The van der Waals surface area contributed by atoms with Crippen LogP contribution in [0.25, 0.3) is 5.69 Å². The van der Waals surface area contributed by atoms with E-state index < -0.39 is 11.6 Å². The van der Waals surface area contributed by atoms with Crippen molar-refractivity contribution in [2.45, 2.75) is 32.7 Å². The lowest BCUT2D eigenvalue weighted by Crippen LogP contribution is -2.42. The van der Waals surface area contributed by atoms with Gasteiger partial charge in [0.1, 0.15) is 11.5 Å². The number of nitrogens with zero attached hydrogens (tertiary/aromatic N) is 6. The van der Waals surface area contributed by atoms with Gasteiger partial charge in [-0.1, -0.05) is 11.6 Å². The Morgan fingerprint density at radius 3 is 2.55 bits per heavy atom. The fraction of sp³-hybridized carbons (Fsp3) is 0.350. The van der Waals surface area contributed by atoms with Gasteiger partial charge in [0.05, 0.1) is 36.0 Å². The number of alkyl halides is 2. The number of halogens is 3. The topological polar surface area (TPSA) is 88.8 Å². The molecule has 2 heterocycles. The first-order valence-corrected chi connectivity index (χ1v) is 10.00. The first kappa shape index (κ1) is 22.5. The molecule has 0 spiro atoms. The zero-order valence-corrected chi connectivity index (χ0v) is 18.0. The quantitative estimate of drug-likeness (QED) is 0.563. The van der Waals surface area contributed by atoms with E-state index in [1.807, 2.05) is 13.8 Å². The van der Waals surface area contributed by atoms with Crippen LogP contribution in [0.4, 0.5) is 14.6 Å². The molecule has 0 fully saturated rings. The summed E-state index contributed by atoms with van der Waals surface area (Å²) in [6.45, 7) is 5.27. The van der Waals surface area contributed by atoms with Gasteiger partial charge < -0.3 is 10.2 Å². The highest BCUT2D eigenvalue weighted by atomic mass is 35.5. The molecule has 1 N–H and O–H groups in total. The number of anilines is 1. The fourth-order valence-electron chi connectivity index (χ4n) is 3.01. The molecule has 0 bridgehead atoms. The van der Waals surface area contributed by atoms with Gasteiger partial charge in [0.25, 0.3) is 11.8 Å². The Hall–Kier alpha value is -3.14. The minimum absolute atomic E-state index is 0.237. The van der Waals surface area contributed by atoms with Gasteiger partial charge in [-0.2, -0.15) is 23.8 Å². The van der Waals surface area contributed by atoms with Crippen LogP contribution in [0.3, 0.4) is 0 Å². The molecule has 0 aliphatic rings. The summed E-state index contributed by atoms with van der Waals surface area (Å²) in [5.41, 5.74) is 0.476. The van der Waals surface area contributed by atoms with Crippen LogP contribution >= 0.6 is 11.6 Å². The van der Waals surface area contributed by atoms with Crippen LogP contribution in [0, 0.1) is 0 Å². The highest BCUT2D eigenvalue weighted by molar-refractivity contribution is 6.31. The van der Waals surface area contributed by atoms with Crippen molar-refractivity contribution in [3.8, 4) is 5.69 Å². The lowest BCUT2D eigenvalue weighted by Gasteiger charge is -2.29. The summed E-state index contributed by atoms with van der Waals surface area (Å²) in [5, 5.41) is 11.7. The first-order chi connectivity index (χ1) is 14.7. The van der Waals surface area contributed by atoms with E-state index in [9.17, 15) is 13.6 Å². The van der Waals surface area contributed by atoms with E-state index in [1.165, 1.54) is 23.4 Å². The molecule has 2 aromatic heterocycles. The highest BCUT2D eigenvalue weighted by Crippen LogP contribution is 2.24. The Morgan fingerprint density at radius 2 is 1.97 bits per heavy atom. The van der Waals surface area contributed by atoms with Gasteiger partial charge in [-0.05, 0) is 32.0 Å². The number of likely N-dealkylation sites (N-methyl/N-ethyl adjacent to an activating group) is 1. The van der Waals surface area contributed by atoms with Gasteiger partial charge in [0.15, 0.2) is 0 Å². The van der Waals surface area contributed by atoms with E-state index in [0.29, 0.717) is 35.2 Å². The molecule has 31 heavy (non-hydrogen) atoms.